The van der Waals surface area contributed by atoms with Crippen molar-refractivity contribution in [2.45, 2.75) is 46.2 Å². The second-order valence-electron chi connectivity index (χ2n) is 9.81. The fourth-order valence-electron chi connectivity index (χ4n) is 4.79. The van der Waals surface area contributed by atoms with Crippen LogP contribution in [0.3, 0.4) is 0 Å². The highest BCUT2D eigenvalue weighted by Gasteiger charge is 2.27. The quantitative estimate of drug-likeness (QED) is 0.534. The lowest BCUT2D eigenvalue weighted by Gasteiger charge is -2.33. The number of rotatable bonds is 6. The van der Waals surface area contributed by atoms with E-state index in [9.17, 15) is 5.11 Å². The van der Waals surface area contributed by atoms with Crippen LogP contribution in [0.2, 0.25) is 0 Å². The SMILES string of the molecule is COc1cc(CN2CCc3nc(N4CCC(C)CC4)nc(Oc4ccc(C)cc4)c3C2)ccc1O. The minimum atomic E-state index is 0.155. The molecule has 0 saturated carbocycles. The first-order valence-corrected chi connectivity index (χ1v) is 12.5. The Morgan fingerprint density at radius 3 is 2.54 bits per heavy atom. The zero-order valence-electron chi connectivity index (χ0n) is 20.8. The number of methoxy groups -OCH3 is 1. The minimum absolute atomic E-state index is 0.155. The van der Waals surface area contributed by atoms with E-state index in [1.165, 1.54) is 18.4 Å². The van der Waals surface area contributed by atoms with Crippen molar-refractivity contribution < 1.29 is 14.6 Å². The van der Waals surface area contributed by atoms with Gasteiger partial charge in [-0.25, -0.2) is 4.98 Å². The van der Waals surface area contributed by atoms with Gasteiger partial charge in [0, 0.05) is 39.1 Å². The molecule has 2 aromatic carbocycles. The molecule has 3 heterocycles. The average Bonchev–Trinajstić information content (AvgIpc) is 2.87. The van der Waals surface area contributed by atoms with Gasteiger partial charge in [-0.1, -0.05) is 30.7 Å². The maximum Gasteiger partial charge on any atom is 0.228 e. The Morgan fingerprint density at radius 2 is 1.80 bits per heavy atom. The second-order valence-corrected chi connectivity index (χ2v) is 9.81. The summed E-state index contributed by atoms with van der Waals surface area (Å²) in [5.41, 5.74) is 4.41. The Hall–Kier alpha value is -3.32. The highest BCUT2D eigenvalue weighted by Crippen LogP contribution is 2.34. The number of benzene rings is 2. The van der Waals surface area contributed by atoms with Crippen molar-refractivity contribution in [2.24, 2.45) is 5.92 Å². The third kappa shape index (κ3) is 5.35. The first-order chi connectivity index (χ1) is 17.0. The fraction of sp³-hybridized carbons (Fsp3) is 0.429. The van der Waals surface area contributed by atoms with Crippen LogP contribution in [-0.2, 0) is 19.5 Å². The van der Waals surface area contributed by atoms with Gasteiger partial charge in [-0.05, 0) is 55.5 Å². The zero-order valence-corrected chi connectivity index (χ0v) is 20.8. The molecular weight excluding hydrogens is 440 g/mol. The van der Waals surface area contributed by atoms with Crippen LogP contribution in [0.4, 0.5) is 5.95 Å². The number of fused-ring (bicyclic) bond motifs is 1. The van der Waals surface area contributed by atoms with E-state index in [1.807, 2.05) is 24.3 Å². The van der Waals surface area contributed by atoms with Gasteiger partial charge in [-0.15, -0.1) is 0 Å². The standard InChI is InChI=1S/C28H34N4O3/c1-19-4-7-22(8-5-19)35-27-23-18-31(17-21-6-9-25(33)26(16-21)34-3)13-12-24(23)29-28(30-27)32-14-10-20(2)11-15-32/h4-9,16,20,33H,10-15,17-18H2,1-3H3. The van der Waals surface area contributed by atoms with E-state index in [1.54, 1.807) is 13.2 Å². The first-order valence-electron chi connectivity index (χ1n) is 12.5. The van der Waals surface area contributed by atoms with Gasteiger partial charge in [-0.3, -0.25) is 4.90 Å². The lowest BCUT2D eigenvalue weighted by atomic mass is 9.99. The molecule has 1 aromatic heterocycles. The van der Waals surface area contributed by atoms with Crippen LogP contribution in [-0.4, -0.2) is 46.7 Å². The van der Waals surface area contributed by atoms with Gasteiger partial charge in [0.2, 0.25) is 11.8 Å². The molecule has 3 aromatic rings. The molecule has 1 fully saturated rings. The number of anilines is 1. The summed E-state index contributed by atoms with van der Waals surface area (Å²) in [5.74, 6) is 3.62. The summed E-state index contributed by atoms with van der Waals surface area (Å²) in [4.78, 5) is 14.6. The molecule has 0 bridgehead atoms. The molecule has 0 radical (unpaired) electrons. The summed E-state index contributed by atoms with van der Waals surface area (Å²) in [6.45, 7) is 8.70. The Balaban J connectivity index is 1.42. The molecule has 0 amide bonds. The number of piperidine rings is 1. The molecule has 1 N–H and O–H groups in total. The smallest absolute Gasteiger partial charge is 0.228 e. The molecule has 0 aliphatic carbocycles. The number of ether oxygens (including phenoxy) is 2. The van der Waals surface area contributed by atoms with E-state index in [4.69, 9.17) is 19.4 Å². The van der Waals surface area contributed by atoms with Gasteiger partial charge in [0.25, 0.3) is 0 Å². The van der Waals surface area contributed by atoms with E-state index in [-0.39, 0.29) is 5.75 Å². The summed E-state index contributed by atoms with van der Waals surface area (Å²) in [5, 5.41) is 9.94. The number of aromatic nitrogens is 2. The average molecular weight is 475 g/mol. The summed E-state index contributed by atoms with van der Waals surface area (Å²) >= 11 is 0. The molecule has 2 aliphatic heterocycles. The summed E-state index contributed by atoms with van der Waals surface area (Å²) in [7, 11) is 1.57. The summed E-state index contributed by atoms with van der Waals surface area (Å²) < 4.78 is 11.7. The number of hydrogen-bond donors (Lipinski definition) is 1. The van der Waals surface area contributed by atoms with Crippen LogP contribution in [0.15, 0.2) is 42.5 Å². The molecule has 35 heavy (non-hydrogen) atoms. The Bertz CT molecular complexity index is 1170. The molecule has 0 atom stereocenters. The summed E-state index contributed by atoms with van der Waals surface area (Å²) in [6.07, 6.45) is 3.17. The van der Waals surface area contributed by atoms with Crippen LogP contribution in [0.1, 0.15) is 42.1 Å². The number of aryl methyl sites for hydroxylation is 1. The third-order valence-electron chi connectivity index (χ3n) is 7.04. The summed E-state index contributed by atoms with van der Waals surface area (Å²) in [6, 6.07) is 13.6. The maximum atomic E-state index is 9.94. The molecule has 1 saturated heterocycles. The van der Waals surface area contributed by atoms with Gasteiger partial charge in [0.05, 0.1) is 18.4 Å². The monoisotopic (exact) mass is 474 g/mol. The van der Waals surface area contributed by atoms with E-state index in [2.05, 4.69) is 35.8 Å². The fourth-order valence-corrected chi connectivity index (χ4v) is 4.79. The van der Waals surface area contributed by atoms with Crippen molar-refractivity contribution in [1.82, 2.24) is 14.9 Å². The van der Waals surface area contributed by atoms with E-state index in [0.717, 1.165) is 67.0 Å². The highest BCUT2D eigenvalue weighted by atomic mass is 16.5. The van der Waals surface area contributed by atoms with Gasteiger partial charge >= 0.3 is 0 Å². The Labute approximate surface area is 207 Å². The van der Waals surface area contributed by atoms with Crippen LogP contribution >= 0.6 is 0 Å². The van der Waals surface area contributed by atoms with Crippen molar-refractivity contribution >= 4 is 5.95 Å². The van der Waals surface area contributed by atoms with Crippen LogP contribution < -0.4 is 14.4 Å². The van der Waals surface area contributed by atoms with Gasteiger partial charge in [0.15, 0.2) is 11.5 Å². The molecule has 0 unspecified atom stereocenters. The highest BCUT2D eigenvalue weighted by molar-refractivity contribution is 5.45. The number of nitrogens with zero attached hydrogens (tertiary/aromatic N) is 4. The molecule has 0 spiro atoms. The van der Waals surface area contributed by atoms with Gasteiger partial charge < -0.3 is 19.5 Å². The van der Waals surface area contributed by atoms with Crippen molar-refractivity contribution in [2.75, 3.05) is 31.6 Å². The van der Waals surface area contributed by atoms with Crippen molar-refractivity contribution in [3.63, 3.8) is 0 Å². The van der Waals surface area contributed by atoms with Crippen LogP contribution in [0.25, 0.3) is 0 Å². The Kier molecular flexibility index (Phi) is 6.77. The minimum Gasteiger partial charge on any atom is -0.504 e. The van der Waals surface area contributed by atoms with Gasteiger partial charge in [0.1, 0.15) is 5.75 Å². The number of phenolic OH excluding ortho intramolecular Hbond substituents is 1. The molecule has 184 valence electrons. The second kappa shape index (κ2) is 10.1. The lowest BCUT2D eigenvalue weighted by molar-refractivity contribution is 0.237. The van der Waals surface area contributed by atoms with Crippen LogP contribution in [0, 0.1) is 12.8 Å². The Morgan fingerprint density at radius 1 is 1.03 bits per heavy atom. The number of hydrogen-bond acceptors (Lipinski definition) is 7. The lowest BCUT2D eigenvalue weighted by Crippen LogP contribution is -2.36. The van der Waals surface area contributed by atoms with Crippen molar-refractivity contribution in [1.29, 1.82) is 0 Å². The first kappa shape index (κ1) is 23.4. The molecule has 5 rings (SSSR count). The number of aromatic hydroxyl groups is 1. The van der Waals surface area contributed by atoms with E-state index < -0.39 is 0 Å². The predicted octanol–water partition coefficient (Wildman–Crippen LogP) is 5.09. The molecule has 2 aliphatic rings. The molecular formula is C28H34N4O3. The van der Waals surface area contributed by atoms with Gasteiger partial charge in [-0.2, -0.15) is 4.98 Å². The molecule has 7 heteroatoms. The zero-order chi connectivity index (χ0) is 24.4. The largest absolute Gasteiger partial charge is 0.504 e. The van der Waals surface area contributed by atoms with Crippen molar-refractivity contribution in [3.8, 4) is 23.1 Å². The maximum absolute atomic E-state index is 9.94. The van der Waals surface area contributed by atoms with Crippen molar-refractivity contribution in [3.05, 3.63) is 64.8 Å². The van der Waals surface area contributed by atoms with E-state index >= 15 is 0 Å². The number of phenols is 1. The topological polar surface area (TPSA) is 71.0 Å². The third-order valence-corrected chi connectivity index (χ3v) is 7.04. The van der Waals surface area contributed by atoms with Crippen LogP contribution in [0.5, 0.6) is 23.1 Å². The predicted molar refractivity (Wildman–Crippen MR) is 136 cm³/mol. The van der Waals surface area contributed by atoms with E-state index in [0.29, 0.717) is 18.2 Å². The normalized spacial score (nSPS) is 16.7. The molecule has 7 nitrogen and oxygen atoms in total.